The SMILES string of the molecule is COc1cc(OC)c(Cl)c(-c2cc3cnc(N)nc3c(N3CC(C(F)(F)F)C3)n2)c1Cl. The van der Waals surface area contributed by atoms with Gasteiger partial charge < -0.3 is 20.1 Å². The fraction of sp³-hybridized carbons (Fsp3) is 0.316. The van der Waals surface area contributed by atoms with E-state index in [1.807, 2.05) is 0 Å². The van der Waals surface area contributed by atoms with E-state index in [4.69, 9.17) is 38.4 Å². The normalized spacial score (nSPS) is 14.6. The Balaban J connectivity index is 1.91. The van der Waals surface area contributed by atoms with E-state index in [1.165, 1.54) is 31.4 Å². The molecule has 0 unspecified atom stereocenters. The van der Waals surface area contributed by atoms with Gasteiger partial charge in [-0.05, 0) is 6.07 Å². The Labute approximate surface area is 184 Å². The second-order valence-electron chi connectivity index (χ2n) is 6.92. The molecule has 2 N–H and O–H groups in total. The summed E-state index contributed by atoms with van der Waals surface area (Å²) in [5.74, 6) is -0.630. The van der Waals surface area contributed by atoms with E-state index in [2.05, 4.69) is 15.0 Å². The first-order valence-corrected chi connectivity index (χ1v) is 9.75. The third-order valence-electron chi connectivity index (χ3n) is 5.04. The first kappa shape index (κ1) is 21.5. The van der Waals surface area contributed by atoms with Crippen LogP contribution >= 0.6 is 23.2 Å². The number of nitrogens with two attached hydrogens (primary N) is 1. The van der Waals surface area contributed by atoms with Crippen molar-refractivity contribution in [3.8, 4) is 22.8 Å². The highest BCUT2D eigenvalue weighted by atomic mass is 35.5. The van der Waals surface area contributed by atoms with Crippen molar-refractivity contribution in [2.75, 3.05) is 37.9 Å². The van der Waals surface area contributed by atoms with Crippen molar-refractivity contribution in [2.24, 2.45) is 5.92 Å². The molecular weight excluding hydrogens is 458 g/mol. The summed E-state index contributed by atoms with van der Waals surface area (Å²) < 4.78 is 49.7. The molecule has 164 valence electrons. The van der Waals surface area contributed by atoms with Crippen LogP contribution in [0.1, 0.15) is 0 Å². The number of anilines is 2. The first-order chi connectivity index (χ1) is 14.6. The van der Waals surface area contributed by atoms with E-state index >= 15 is 0 Å². The number of halogens is 5. The number of aromatic nitrogens is 3. The van der Waals surface area contributed by atoms with Crippen molar-refractivity contribution >= 4 is 45.9 Å². The number of methoxy groups -OCH3 is 2. The lowest BCUT2D eigenvalue weighted by molar-refractivity contribution is -0.180. The Morgan fingerprint density at radius 3 is 2.23 bits per heavy atom. The summed E-state index contributed by atoms with van der Waals surface area (Å²) in [6, 6.07) is 3.16. The zero-order valence-electron chi connectivity index (χ0n) is 16.3. The van der Waals surface area contributed by atoms with Gasteiger partial charge in [-0.25, -0.2) is 15.0 Å². The largest absolute Gasteiger partial charge is 0.495 e. The van der Waals surface area contributed by atoms with Gasteiger partial charge in [0.25, 0.3) is 0 Å². The average Bonchev–Trinajstić information content (AvgIpc) is 2.66. The van der Waals surface area contributed by atoms with Gasteiger partial charge in [0.2, 0.25) is 5.95 Å². The third-order valence-corrected chi connectivity index (χ3v) is 5.79. The van der Waals surface area contributed by atoms with Crippen molar-refractivity contribution in [1.29, 1.82) is 0 Å². The molecule has 31 heavy (non-hydrogen) atoms. The van der Waals surface area contributed by atoms with Crippen molar-refractivity contribution < 1.29 is 22.6 Å². The zero-order chi connectivity index (χ0) is 22.5. The first-order valence-electron chi connectivity index (χ1n) is 8.99. The fourth-order valence-electron chi connectivity index (χ4n) is 3.35. The maximum atomic E-state index is 13.0. The van der Waals surface area contributed by atoms with Gasteiger partial charge in [0.05, 0.1) is 35.9 Å². The van der Waals surface area contributed by atoms with Crippen LogP contribution in [-0.4, -0.2) is 48.4 Å². The van der Waals surface area contributed by atoms with Crippen molar-refractivity contribution in [1.82, 2.24) is 15.0 Å². The van der Waals surface area contributed by atoms with Crippen LogP contribution in [0.5, 0.6) is 11.5 Å². The van der Waals surface area contributed by atoms with Gasteiger partial charge in [-0.15, -0.1) is 0 Å². The average molecular weight is 474 g/mol. The molecular formula is C19H16Cl2F3N5O2. The van der Waals surface area contributed by atoms with Gasteiger partial charge in [0, 0.05) is 36.3 Å². The number of nitrogens with zero attached hydrogens (tertiary/aromatic N) is 4. The molecule has 3 heterocycles. The quantitative estimate of drug-likeness (QED) is 0.592. The molecule has 0 spiro atoms. The predicted octanol–water partition coefficient (Wildman–Crippen LogP) is 4.60. The summed E-state index contributed by atoms with van der Waals surface area (Å²) in [5.41, 5.74) is 6.65. The number of hydrogen-bond donors (Lipinski definition) is 1. The highest BCUT2D eigenvalue weighted by Gasteiger charge is 2.48. The molecule has 1 aliphatic rings. The summed E-state index contributed by atoms with van der Waals surface area (Å²) >= 11 is 13.0. The zero-order valence-corrected chi connectivity index (χ0v) is 17.8. The molecule has 1 saturated heterocycles. The minimum atomic E-state index is -4.29. The summed E-state index contributed by atoms with van der Waals surface area (Å²) in [5, 5.41) is 0.872. The van der Waals surface area contributed by atoms with E-state index in [0.717, 1.165) is 0 Å². The molecule has 7 nitrogen and oxygen atoms in total. The molecule has 1 aliphatic heterocycles. The number of nitrogen functional groups attached to an aromatic ring is 1. The van der Waals surface area contributed by atoms with E-state index in [9.17, 15) is 13.2 Å². The fourth-order valence-corrected chi connectivity index (χ4v) is 4.05. The molecule has 3 aromatic rings. The second kappa shape index (κ2) is 7.76. The van der Waals surface area contributed by atoms with E-state index in [1.54, 1.807) is 6.07 Å². The lowest BCUT2D eigenvalue weighted by Gasteiger charge is -2.41. The van der Waals surface area contributed by atoms with Gasteiger partial charge in [0.15, 0.2) is 5.82 Å². The number of hydrogen-bond acceptors (Lipinski definition) is 7. The van der Waals surface area contributed by atoms with Gasteiger partial charge in [-0.3, -0.25) is 0 Å². The van der Waals surface area contributed by atoms with Crippen LogP contribution in [0.4, 0.5) is 24.9 Å². The van der Waals surface area contributed by atoms with Crippen LogP contribution in [0.3, 0.4) is 0 Å². The molecule has 0 saturated carbocycles. The molecule has 12 heteroatoms. The molecule has 1 aromatic carbocycles. The minimum Gasteiger partial charge on any atom is -0.495 e. The maximum absolute atomic E-state index is 13.0. The Kier molecular flexibility index (Phi) is 5.38. The Morgan fingerprint density at radius 1 is 1.06 bits per heavy atom. The minimum absolute atomic E-state index is 0.0182. The molecule has 0 atom stereocenters. The van der Waals surface area contributed by atoms with Crippen molar-refractivity contribution in [3.05, 3.63) is 28.4 Å². The van der Waals surface area contributed by atoms with Gasteiger partial charge >= 0.3 is 6.18 Å². The van der Waals surface area contributed by atoms with Crippen molar-refractivity contribution in [3.63, 3.8) is 0 Å². The topological polar surface area (TPSA) is 86.4 Å². The molecule has 2 aromatic heterocycles. The monoisotopic (exact) mass is 473 g/mol. The highest BCUT2D eigenvalue weighted by molar-refractivity contribution is 6.41. The second-order valence-corrected chi connectivity index (χ2v) is 7.68. The Hall–Kier alpha value is -2.72. The number of fused-ring (bicyclic) bond motifs is 1. The van der Waals surface area contributed by atoms with Gasteiger partial charge in [-0.1, -0.05) is 23.2 Å². The lowest BCUT2D eigenvalue weighted by atomic mass is 9.99. The number of rotatable bonds is 4. The molecule has 1 fully saturated rings. The standard InChI is InChI=1S/C19H16Cl2F3N5O2/c1-30-11-4-12(31-2)15(21)13(14(11)20)10-3-8-5-26-18(25)28-16(8)17(27-10)29-6-9(7-29)19(22,23)24/h3-5,9H,6-7H2,1-2H3,(H2,25,26,28). The van der Waals surface area contributed by atoms with E-state index in [0.29, 0.717) is 33.7 Å². The van der Waals surface area contributed by atoms with Crippen molar-refractivity contribution in [2.45, 2.75) is 6.18 Å². The summed E-state index contributed by atoms with van der Waals surface area (Å²) in [4.78, 5) is 14.2. The number of alkyl halides is 3. The van der Waals surface area contributed by atoms with E-state index < -0.39 is 12.1 Å². The van der Waals surface area contributed by atoms with Crippen LogP contribution in [0.15, 0.2) is 18.3 Å². The summed E-state index contributed by atoms with van der Waals surface area (Å²) in [6.07, 6.45) is -2.82. The smallest absolute Gasteiger partial charge is 0.395 e. The molecule has 0 amide bonds. The van der Waals surface area contributed by atoms with Crippen LogP contribution in [-0.2, 0) is 0 Å². The predicted molar refractivity (Wildman–Crippen MR) is 112 cm³/mol. The molecule has 0 bridgehead atoms. The highest BCUT2D eigenvalue weighted by Crippen LogP contribution is 2.47. The Morgan fingerprint density at radius 2 is 1.68 bits per heavy atom. The Bertz CT molecular complexity index is 1140. The number of ether oxygens (including phenoxy) is 2. The maximum Gasteiger partial charge on any atom is 0.395 e. The number of pyridine rings is 1. The van der Waals surface area contributed by atoms with Crippen LogP contribution in [0.25, 0.3) is 22.2 Å². The van der Waals surface area contributed by atoms with Crippen LogP contribution < -0.4 is 20.1 Å². The van der Waals surface area contributed by atoms with Crippen LogP contribution in [0.2, 0.25) is 10.0 Å². The molecule has 0 radical (unpaired) electrons. The third kappa shape index (κ3) is 3.74. The summed E-state index contributed by atoms with van der Waals surface area (Å²) in [7, 11) is 2.87. The van der Waals surface area contributed by atoms with E-state index in [-0.39, 0.29) is 34.9 Å². The van der Waals surface area contributed by atoms with Gasteiger partial charge in [-0.2, -0.15) is 13.2 Å². The lowest BCUT2D eigenvalue weighted by Crippen LogP contribution is -2.53. The van der Waals surface area contributed by atoms with Crippen LogP contribution in [0, 0.1) is 5.92 Å². The molecule has 0 aliphatic carbocycles. The number of benzene rings is 1. The summed E-state index contributed by atoms with van der Waals surface area (Å²) in [6.45, 7) is -0.496. The van der Waals surface area contributed by atoms with Gasteiger partial charge in [0.1, 0.15) is 17.0 Å². The molecule has 4 rings (SSSR count).